The molecule has 0 bridgehead atoms. The van der Waals surface area contributed by atoms with Gasteiger partial charge in [0.2, 0.25) is 0 Å². The molecule has 2 amide bonds. The monoisotopic (exact) mass is 467 g/mol. The Hall–Kier alpha value is -3.85. The lowest BCUT2D eigenvalue weighted by Gasteiger charge is -2.39. The summed E-state index contributed by atoms with van der Waals surface area (Å²) >= 11 is 0. The zero-order valence-corrected chi connectivity index (χ0v) is 19.6. The van der Waals surface area contributed by atoms with Gasteiger partial charge < -0.3 is 30.2 Å². The van der Waals surface area contributed by atoms with Gasteiger partial charge in [0, 0.05) is 32.3 Å². The Bertz CT molecular complexity index is 1230. The third-order valence-electron chi connectivity index (χ3n) is 6.06. The molecule has 0 radical (unpaired) electrons. The highest BCUT2D eigenvalue weighted by molar-refractivity contribution is 5.91. The normalized spacial score (nSPS) is 18.2. The van der Waals surface area contributed by atoms with Crippen molar-refractivity contribution in [3.05, 3.63) is 75.7 Å². The van der Waals surface area contributed by atoms with Crippen LogP contribution in [0.25, 0.3) is 5.57 Å². The highest BCUT2D eigenvalue weighted by Crippen LogP contribution is 2.37. The van der Waals surface area contributed by atoms with Crippen LogP contribution >= 0.6 is 0 Å². The number of pyridine rings is 1. The Labute approximate surface area is 197 Å². The summed E-state index contributed by atoms with van der Waals surface area (Å²) in [6.45, 7) is 3.58. The second-order valence-electron chi connectivity index (χ2n) is 8.40. The van der Waals surface area contributed by atoms with Crippen LogP contribution in [0.1, 0.15) is 29.5 Å². The number of aliphatic carboxylic acids is 1. The van der Waals surface area contributed by atoms with E-state index in [9.17, 15) is 24.6 Å². The van der Waals surface area contributed by atoms with Crippen molar-refractivity contribution in [2.75, 3.05) is 12.4 Å². The van der Waals surface area contributed by atoms with Crippen LogP contribution in [0, 0.1) is 13.8 Å². The zero-order chi connectivity index (χ0) is 25.0. The summed E-state index contributed by atoms with van der Waals surface area (Å²) < 4.78 is 7.06. The van der Waals surface area contributed by atoms with E-state index in [1.165, 1.54) is 24.9 Å². The Morgan fingerprint density at radius 2 is 1.94 bits per heavy atom. The van der Waals surface area contributed by atoms with Crippen molar-refractivity contribution in [2.24, 2.45) is 7.05 Å². The van der Waals surface area contributed by atoms with E-state index in [2.05, 4.69) is 10.6 Å². The highest BCUT2D eigenvalue weighted by atomic mass is 16.5. The molecule has 1 aliphatic rings. The average Bonchev–Trinajstić information content (AvgIpc) is 2.80. The Balaban J connectivity index is 1.91. The average molecular weight is 468 g/mol. The minimum atomic E-state index is -1.15. The van der Waals surface area contributed by atoms with Gasteiger partial charge in [-0.15, -0.1) is 0 Å². The third-order valence-corrected chi connectivity index (χ3v) is 6.06. The van der Waals surface area contributed by atoms with Gasteiger partial charge in [0.05, 0.1) is 12.5 Å². The molecule has 3 rings (SSSR count). The number of aromatic nitrogens is 1. The summed E-state index contributed by atoms with van der Waals surface area (Å²) in [4.78, 5) is 37.0. The fourth-order valence-electron chi connectivity index (χ4n) is 4.21. The fraction of sp³-hybridized carbons (Fsp3) is 0.320. The van der Waals surface area contributed by atoms with Crippen molar-refractivity contribution in [2.45, 2.75) is 38.3 Å². The number of nitrogens with one attached hydrogen (secondary N) is 2. The van der Waals surface area contributed by atoms with Crippen molar-refractivity contribution < 1.29 is 24.5 Å². The number of amides is 2. The molecule has 0 saturated carbocycles. The van der Waals surface area contributed by atoms with Crippen LogP contribution in [0.5, 0.6) is 5.75 Å². The lowest BCUT2D eigenvalue weighted by Crippen LogP contribution is -2.55. The largest absolute Gasteiger partial charge is 0.505 e. The molecule has 180 valence electrons. The molecule has 2 atom stereocenters. The molecule has 34 heavy (non-hydrogen) atoms. The first-order chi connectivity index (χ1) is 16.1. The topological polar surface area (TPSA) is 130 Å². The van der Waals surface area contributed by atoms with Gasteiger partial charge in [0.15, 0.2) is 5.69 Å². The number of carboxylic acids is 1. The number of carbonyl (C=O) groups excluding carboxylic acids is 1. The van der Waals surface area contributed by atoms with Gasteiger partial charge in [0.25, 0.3) is 5.56 Å². The van der Waals surface area contributed by atoms with E-state index < -0.39 is 35.6 Å². The van der Waals surface area contributed by atoms with Gasteiger partial charge in [-0.1, -0.05) is 42.5 Å². The molecule has 4 N–H and O–H groups in total. The van der Waals surface area contributed by atoms with Crippen LogP contribution in [-0.4, -0.2) is 45.5 Å². The van der Waals surface area contributed by atoms with E-state index in [1.807, 2.05) is 37.3 Å². The number of urea groups is 1. The number of nitrogens with zero attached hydrogens (tertiary/aromatic N) is 1. The Morgan fingerprint density at radius 1 is 1.24 bits per heavy atom. The number of benzene rings is 1. The first-order valence-electron chi connectivity index (χ1n) is 10.8. The predicted octanol–water partition coefficient (Wildman–Crippen LogP) is 3.10. The van der Waals surface area contributed by atoms with Gasteiger partial charge in [-0.3, -0.25) is 9.59 Å². The number of carbonyl (C=O) groups is 2. The summed E-state index contributed by atoms with van der Waals surface area (Å²) in [7, 11) is 2.96. The maximum Gasteiger partial charge on any atom is 0.319 e. The minimum absolute atomic E-state index is 0.291. The van der Waals surface area contributed by atoms with Gasteiger partial charge >= 0.3 is 12.0 Å². The van der Waals surface area contributed by atoms with Crippen LogP contribution in [-0.2, 0) is 16.6 Å². The molecule has 0 fully saturated rings. The number of aromatic hydroxyl groups is 1. The van der Waals surface area contributed by atoms with E-state index >= 15 is 0 Å². The lowest BCUT2D eigenvalue weighted by molar-refractivity contribution is -0.139. The number of hydrogen-bond acceptors (Lipinski definition) is 5. The number of carboxylic acid groups (broad SMARTS) is 1. The van der Waals surface area contributed by atoms with Crippen LogP contribution in [0.2, 0.25) is 0 Å². The molecule has 9 heteroatoms. The molecule has 1 heterocycles. The maximum absolute atomic E-state index is 12.9. The standard InChI is InChI=1S/C25H29N3O6/c1-15-8-5-6-10-18(15)17-9-7-11-25(13-17,34-4)19(12-20(29)30)26-24(33)27-21-22(31)16(2)14-28(3)23(21)32/h5-11,14,19,31H,12-13H2,1-4H3,(H,29,30)(H2,26,27,33). The van der Waals surface area contributed by atoms with Gasteiger partial charge in [0.1, 0.15) is 11.4 Å². The van der Waals surface area contributed by atoms with Gasteiger partial charge in [-0.25, -0.2) is 4.79 Å². The molecule has 1 aromatic carbocycles. The molecule has 1 aromatic heterocycles. The van der Waals surface area contributed by atoms with Crippen molar-refractivity contribution in [3.8, 4) is 5.75 Å². The number of allylic oxidation sites excluding steroid dienone is 2. The number of ether oxygens (including phenoxy) is 1. The molecule has 1 aliphatic carbocycles. The highest BCUT2D eigenvalue weighted by Gasteiger charge is 2.41. The van der Waals surface area contributed by atoms with Crippen LogP contribution in [0.3, 0.4) is 0 Å². The molecule has 2 unspecified atom stereocenters. The molecular weight excluding hydrogens is 438 g/mol. The van der Waals surface area contributed by atoms with E-state index in [0.29, 0.717) is 12.0 Å². The molecule has 9 nitrogen and oxygen atoms in total. The van der Waals surface area contributed by atoms with Crippen molar-refractivity contribution in [1.82, 2.24) is 9.88 Å². The molecule has 0 aliphatic heterocycles. The van der Waals surface area contributed by atoms with Crippen molar-refractivity contribution >= 4 is 23.3 Å². The molecule has 2 aromatic rings. The van der Waals surface area contributed by atoms with Gasteiger partial charge in [-0.2, -0.15) is 0 Å². The number of hydrogen-bond donors (Lipinski definition) is 4. The lowest BCUT2D eigenvalue weighted by atomic mass is 9.79. The van der Waals surface area contributed by atoms with E-state index in [-0.39, 0.29) is 11.4 Å². The molecule has 0 saturated heterocycles. The maximum atomic E-state index is 12.9. The second-order valence-corrected chi connectivity index (χ2v) is 8.40. The quantitative estimate of drug-likeness (QED) is 0.495. The number of methoxy groups -OCH3 is 1. The van der Waals surface area contributed by atoms with Crippen LogP contribution in [0.15, 0.2) is 53.5 Å². The van der Waals surface area contributed by atoms with E-state index in [1.54, 1.807) is 19.1 Å². The predicted molar refractivity (Wildman–Crippen MR) is 129 cm³/mol. The summed E-state index contributed by atoms with van der Waals surface area (Å²) in [6, 6.07) is 6.01. The van der Waals surface area contributed by atoms with E-state index in [4.69, 9.17) is 4.74 Å². The van der Waals surface area contributed by atoms with Crippen LogP contribution < -0.4 is 16.2 Å². The Morgan fingerprint density at radius 3 is 2.59 bits per heavy atom. The van der Waals surface area contributed by atoms with Crippen molar-refractivity contribution in [3.63, 3.8) is 0 Å². The number of aryl methyl sites for hydroxylation is 3. The van der Waals surface area contributed by atoms with Crippen LogP contribution in [0.4, 0.5) is 10.5 Å². The smallest absolute Gasteiger partial charge is 0.319 e. The first kappa shape index (κ1) is 24.8. The number of rotatable bonds is 7. The number of anilines is 1. The second kappa shape index (κ2) is 9.96. The summed E-state index contributed by atoms with van der Waals surface area (Å²) in [5.41, 5.74) is 1.35. The third kappa shape index (κ3) is 5.04. The van der Waals surface area contributed by atoms with Crippen molar-refractivity contribution in [1.29, 1.82) is 0 Å². The molecule has 0 spiro atoms. The minimum Gasteiger partial charge on any atom is -0.505 e. The molecular formula is C25H29N3O6. The van der Waals surface area contributed by atoms with Gasteiger partial charge in [-0.05, 0) is 30.5 Å². The summed E-state index contributed by atoms with van der Waals surface area (Å²) in [6.07, 6.45) is 6.79. The Kier molecular flexibility index (Phi) is 7.26. The SMILES string of the molecule is COC1(C(CC(=O)O)NC(=O)Nc2c(O)c(C)cn(C)c2=O)C=CC=C(c2ccccc2C)C1. The summed E-state index contributed by atoms with van der Waals surface area (Å²) in [5.74, 6) is -1.48. The van der Waals surface area contributed by atoms with E-state index in [0.717, 1.165) is 16.7 Å². The first-order valence-corrected chi connectivity index (χ1v) is 10.8. The summed E-state index contributed by atoms with van der Waals surface area (Å²) in [5, 5.41) is 24.8. The zero-order valence-electron chi connectivity index (χ0n) is 19.6. The fourth-order valence-corrected chi connectivity index (χ4v) is 4.21.